The van der Waals surface area contributed by atoms with Gasteiger partial charge in [0.25, 0.3) is 0 Å². The lowest BCUT2D eigenvalue weighted by atomic mass is 9.90. The van der Waals surface area contributed by atoms with Crippen molar-refractivity contribution in [3.05, 3.63) is 66.0 Å². The van der Waals surface area contributed by atoms with Crippen molar-refractivity contribution >= 4 is 5.57 Å². The molecule has 2 unspecified atom stereocenters. The number of allylic oxidation sites excluding steroid dienone is 1. The molecule has 2 aromatic rings. The van der Waals surface area contributed by atoms with E-state index < -0.39 is 0 Å². The van der Waals surface area contributed by atoms with E-state index in [0.717, 1.165) is 24.8 Å². The Morgan fingerprint density at radius 3 is 2.57 bits per heavy atom. The van der Waals surface area contributed by atoms with Crippen LogP contribution in [-0.4, -0.2) is 29.1 Å². The van der Waals surface area contributed by atoms with Crippen molar-refractivity contribution in [2.24, 2.45) is 11.8 Å². The maximum absolute atomic E-state index is 2.60. The van der Waals surface area contributed by atoms with E-state index in [-0.39, 0.29) is 0 Å². The van der Waals surface area contributed by atoms with Gasteiger partial charge in [0.1, 0.15) is 0 Å². The summed E-state index contributed by atoms with van der Waals surface area (Å²) in [6.07, 6.45) is 9.14. The minimum Gasteiger partial charge on any atom is -0.354 e. The summed E-state index contributed by atoms with van der Waals surface area (Å²) in [5.41, 5.74) is 4.47. The van der Waals surface area contributed by atoms with Gasteiger partial charge in [-0.3, -0.25) is 0 Å². The molecule has 0 spiro atoms. The molecule has 2 heterocycles. The van der Waals surface area contributed by atoms with Crippen LogP contribution < -0.4 is 0 Å². The van der Waals surface area contributed by atoms with Crippen LogP contribution in [0.5, 0.6) is 0 Å². The van der Waals surface area contributed by atoms with Gasteiger partial charge in [0, 0.05) is 37.9 Å². The van der Waals surface area contributed by atoms with E-state index in [1.54, 1.807) is 5.57 Å². The van der Waals surface area contributed by atoms with Crippen LogP contribution in [0, 0.1) is 11.8 Å². The molecule has 2 nitrogen and oxygen atoms in total. The van der Waals surface area contributed by atoms with Gasteiger partial charge >= 0.3 is 0 Å². The van der Waals surface area contributed by atoms with E-state index in [1.165, 1.54) is 37.2 Å². The normalized spacial score (nSPS) is 24.0. The third-order valence-electron chi connectivity index (χ3n) is 5.62. The summed E-state index contributed by atoms with van der Waals surface area (Å²) in [4.78, 5) is 2.60. The Balaban J connectivity index is 1.42. The largest absolute Gasteiger partial charge is 0.354 e. The Labute approximate surface area is 139 Å². The smallest absolute Gasteiger partial charge is 0.0260 e. The second-order valence-corrected chi connectivity index (χ2v) is 6.98. The van der Waals surface area contributed by atoms with Crippen LogP contribution in [0.4, 0.5) is 0 Å². The molecule has 1 aliphatic heterocycles. The highest BCUT2D eigenvalue weighted by molar-refractivity contribution is 5.70. The first-order chi connectivity index (χ1) is 11.3. The molecule has 0 N–H and O–H groups in total. The third kappa shape index (κ3) is 3.00. The number of hydrogen-bond donors (Lipinski definition) is 0. The summed E-state index contributed by atoms with van der Waals surface area (Å²) in [6.45, 7) is 7.08. The number of hydrogen-bond acceptors (Lipinski definition) is 1. The summed E-state index contributed by atoms with van der Waals surface area (Å²) >= 11 is 0. The fourth-order valence-corrected chi connectivity index (χ4v) is 4.21. The van der Waals surface area contributed by atoms with Gasteiger partial charge in [-0.05, 0) is 54.1 Å². The van der Waals surface area contributed by atoms with Crippen LogP contribution in [0.25, 0.3) is 5.57 Å². The maximum Gasteiger partial charge on any atom is 0.0260 e. The number of aromatic nitrogens is 1. The molecule has 0 amide bonds. The second-order valence-electron chi connectivity index (χ2n) is 6.98. The zero-order valence-electron chi connectivity index (χ0n) is 14.0. The molecule has 2 atom stereocenters. The average molecular weight is 306 g/mol. The summed E-state index contributed by atoms with van der Waals surface area (Å²) in [6, 6.07) is 13.5. The lowest BCUT2D eigenvalue weighted by Crippen LogP contribution is -2.20. The predicted molar refractivity (Wildman–Crippen MR) is 96.3 cm³/mol. The van der Waals surface area contributed by atoms with Crippen LogP contribution in [0.3, 0.4) is 0 Å². The molecule has 120 valence electrons. The SMILES string of the molecule is CCN1CC2CC=C(c3ccc(CCn4cccc4)cc3)C2C1. The molecule has 0 saturated carbocycles. The van der Waals surface area contributed by atoms with E-state index in [2.05, 4.69) is 71.3 Å². The fourth-order valence-electron chi connectivity index (χ4n) is 4.21. The Kier molecular flexibility index (Phi) is 4.09. The number of fused-ring (bicyclic) bond motifs is 1. The third-order valence-corrected chi connectivity index (χ3v) is 5.62. The van der Waals surface area contributed by atoms with Crippen LogP contribution in [0.1, 0.15) is 24.5 Å². The lowest BCUT2D eigenvalue weighted by Gasteiger charge is -2.16. The molecule has 2 aliphatic rings. The molecule has 4 rings (SSSR count). The Morgan fingerprint density at radius 1 is 1.04 bits per heavy atom. The van der Waals surface area contributed by atoms with Gasteiger partial charge in [-0.1, -0.05) is 37.3 Å². The van der Waals surface area contributed by atoms with Crippen LogP contribution in [0.2, 0.25) is 0 Å². The van der Waals surface area contributed by atoms with Gasteiger partial charge in [0.2, 0.25) is 0 Å². The standard InChI is InChI=1S/C21H26N2/c1-2-22-15-19-9-10-20(21(19)16-22)18-7-5-17(6-8-18)11-14-23-12-3-4-13-23/h3-8,10,12-13,19,21H,2,9,11,14-16H2,1H3. The average Bonchev–Trinajstić information content (AvgIpc) is 3.30. The van der Waals surface area contributed by atoms with Crippen molar-refractivity contribution in [2.45, 2.75) is 26.3 Å². The highest BCUT2D eigenvalue weighted by Crippen LogP contribution is 2.42. The van der Waals surface area contributed by atoms with E-state index in [4.69, 9.17) is 0 Å². The molecule has 0 bridgehead atoms. The Morgan fingerprint density at radius 2 is 1.83 bits per heavy atom. The lowest BCUT2D eigenvalue weighted by molar-refractivity contribution is 0.341. The molecule has 1 aromatic heterocycles. The van der Waals surface area contributed by atoms with Crippen LogP contribution in [-0.2, 0) is 13.0 Å². The first kappa shape index (κ1) is 14.8. The van der Waals surface area contributed by atoms with Gasteiger partial charge in [0.05, 0.1) is 0 Å². The zero-order chi connectivity index (χ0) is 15.6. The number of aryl methyl sites for hydroxylation is 2. The van der Waals surface area contributed by atoms with Crippen molar-refractivity contribution in [3.8, 4) is 0 Å². The second kappa shape index (κ2) is 6.37. The van der Waals surface area contributed by atoms with Crippen molar-refractivity contribution in [1.82, 2.24) is 9.47 Å². The van der Waals surface area contributed by atoms with Crippen molar-refractivity contribution in [3.63, 3.8) is 0 Å². The van der Waals surface area contributed by atoms with E-state index >= 15 is 0 Å². The number of rotatable bonds is 5. The molecule has 1 fully saturated rings. The molecule has 2 heteroatoms. The molecular weight excluding hydrogens is 280 g/mol. The van der Waals surface area contributed by atoms with Gasteiger partial charge < -0.3 is 9.47 Å². The quantitative estimate of drug-likeness (QED) is 0.808. The molecule has 1 aromatic carbocycles. The van der Waals surface area contributed by atoms with Gasteiger partial charge in [0.15, 0.2) is 0 Å². The van der Waals surface area contributed by atoms with Gasteiger partial charge in [-0.25, -0.2) is 0 Å². The summed E-state index contributed by atoms with van der Waals surface area (Å²) in [5.74, 6) is 1.62. The van der Waals surface area contributed by atoms with E-state index in [0.29, 0.717) is 0 Å². The molecule has 23 heavy (non-hydrogen) atoms. The monoisotopic (exact) mass is 306 g/mol. The first-order valence-electron chi connectivity index (χ1n) is 8.96. The topological polar surface area (TPSA) is 8.17 Å². The van der Waals surface area contributed by atoms with E-state index in [1.807, 2.05) is 0 Å². The highest BCUT2D eigenvalue weighted by atomic mass is 15.1. The zero-order valence-corrected chi connectivity index (χ0v) is 14.0. The minimum absolute atomic E-state index is 0.765. The van der Waals surface area contributed by atoms with Crippen molar-refractivity contribution < 1.29 is 0 Å². The molecule has 1 aliphatic carbocycles. The summed E-state index contributed by atoms with van der Waals surface area (Å²) in [5, 5.41) is 0. The van der Waals surface area contributed by atoms with E-state index in [9.17, 15) is 0 Å². The Bertz CT molecular complexity index is 666. The number of likely N-dealkylation sites (tertiary alicyclic amines) is 1. The van der Waals surface area contributed by atoms with Crippen LogP contribution in [0.15, 0.2) is 54.9 Å². The van der Waals surface area contributed by atoms with Crippen molar-refractivity contribution in [2.75, 3.05) is 19.6 Å². The van der Waals surface area contributed by atoms with Crippen LogP contribution >= 0.6 is 0 Å². The van der Waals surface area contributed by atoms with Crippen molar-refractivity contribution in [1.29, 1.82) is 0 Å². The summed E-state index contributed by atoms with van der Waals surface area (Å²) in [7, 11) is 0. The number of benzene rings is 1. The molecule has 0 radical (unpaired) electrons. The van der Waals surface area contributed by atoms with Gasteiger partial charge in [-0.2, -0.15) is 0 Å². The minimum atomic E-state index is 0.765. The fraction of sp³-hybridized carbons (Fsp3) is 0.429. The highest BCUT2D eigenvalue weighted by Gasteiger charge is 2.37. The first-order valence-corrected chi connectivity index (χ1v) is 8.96. The molecule has 1 saturated heterocycles. The van der Waals surface area contributed by atoms with Gasteiger partial charge in [-0.15, -0.1) is 0 Å². The Hall–Kier alpha value is -1.80. The molecular formula is C21H26N2. The summed E-state index contributed by atoms with van der Waals surface area (Å²) < 4.78 is 2.25. The predicted octanol–water partition coefficient (Wildman–Crippen LogP) is 4.09. The maximum atomic E-state index is 2.60. The number of nitrogens with zero attached hydrogens (tertiary/aromatic N) is 2.